The molecule has 0 aliphatic heterocycles. The standard InChI is InChI=1S/C63H108O6/c1-4-7-10-13-16-19-22-25-28-31-33-35-38-41-44-47-50-53-56-62(65)68-59-60(58-67-61(64)55-52-49-46-43-40-37-34-30-27-24-21-18-15-12-9-6-3)69-63(66)57-54-51-48-45-42-39-36-32-29-26-23-20-17-14-11-8-5-2/h8,11,14,17,20,23,26,29,32-33,35-36,39,42,60H,4-7,9-10,12-13,15-16,18-19,21-22,24-25,27-28,30-31,34,37-38,40-41,43-59H2,1-3H3/b11-8-,17-14-,23-20-,29-26-,35-33-,36-32+,42-39-. The molecule has 0 rings (SSSR count). The fourth-order valence-corrected chi connectivity index (χ4v) is 8.18. The van der Waals surface area contributed by atoms with E-state index in [0.717, 1.165) is 70.6 Å². The lowest BCUT2D eigenvalue weighted by Crippen LogP contribution is -2.30. The molecule has 0 bridgehead atoms. The zero-order valence-electron chi connectivity index (χ0n) is 45.3. The van der Waals surface area contributed by atoms with E-state index >= 15 is 0 Å². The number of rotatable bonds is 52. The van der Waals surface area contributed by atoms with Gasteiger partial charge in [-0.3, -0.25) is 14.4 Å². The van der Waals surface area contributed by atoms with Crippen molar-refractivity contribution in [3.05, 3.63) is 85.1 Å². The summed E-state index contributed by atoms with van der Waals surface area (Å²) in [6.45, 7) is 6.48. The van der Waals surface area contributed by atoms with Crippen LogP contribution in [-0.4, -0.2) is 37.2 Å². The van der Waals surface area contributed by atoms with Crippen molar-refractivity contribution in [1.82, 2.24) is 0 Å². The maximum Gasteiger partial charge on any atom is 0.306 e. The predicted molar refractivity (Wildman–Crippen MR) is 297 cm³/mol. The molecule has 0 radical (unpaired) electrons. The third-order valence-electron chi connectivity index (χ3n) is 12.5. The summed E-state index contributed by atoms with van der Waals surface area (Å²) in [4.78, 5) is 38.2. The van der Waals surface area contributed by atoms with Gasteiger partial charge in [0, 0.05) is 19.3 Å². The second kappa shape index (κ2) is 57.2. The van der Waals surface area contributed by atoms with Crippen LogP contribution in [0.5, 0.6) is 0 Å². The Balaban J connectivity index is 4.46. The van der Waals surface area contributed by atoms with E-state index < -0.39 is 6.10 Å². The largest absolute Gasteiger partial charge is 0.462 e. The van der Waals surface area contributed by atoms with Gasteiger partial charge < -0.3 is 14.2 Å². The average molecular weight is 962 g/mol. The summed E-state index contributed by atoms with van der Waals surface area (Å²) in [5.41, 5.74) is 0. The van der Waals surface area contributed by atoms with Crippen molar-refractivity contribution in [2.45, 2.75) is 284 Å². The third kappa shape index (κ3) is 55.4. The average Bonchev–Trinajstić information content (AvgIpc) is 3.35. The molecule has 0 aliphatic rings. The summed E-state index contributed by atoms with van der Waals surface area (Å²) in [6, 6.07) is 0. The Hall–Kier alpha value is -3.41. The van der Waals surface area contributed by atoms with Gasteiger partial charge in [0.1, 0.15) is 13.2 Å². The molecule has 396 valence electrons. The van der Waals surface area contributed by atoms with Crippen LogP contribution in [0.3, 0.4) is 0 Å². The minimum Gasteiger partial charge on any atom is -0.462 e. The van der Waals surface area contributed by atoms with Gasteiger partial charge in [-0.15, -0.1) is 0 Å². The van der Waals surface area contributed by atoms with Crippen LogP contribution in [0.1, 0.15) is 278 Å². The fraction of sp³-hybridized carbons (Fsp3) is 0.730. The van der Waals surface area contributed by atoms with E-state index in [0.29, 0.717) is 19.3 Å². The number of carbonyl (C=O) groups is 3. The monoisotopic (exact) mass is 961 g/mol. The summed E-state index contributed by atoms with van der Waals surface area (Å²) in [6.07, 6.45) is 74.3. The Bertz CT molecular complexity index is 1330. The molecular weight excluding hydrogens is 853 g/mol. The van der Waals surface area contributed by atoms with Gasteiger partial charge in [-0.2, -0.15) is 0 Å². The summed E-state index contributed by atoms with van der Waals surface area (Å²) in [5.74, 6) is -0.939. The van der Waals surface area contributed by atoms with Crippen molar-refractivity contribution in [3.63, 3.8) is 0 Å². The zero-order valence-corrected chi connectivity index (χ0v) is 45.3. The molecule has 0 heterocycles. The highest BCUT2D eigenvalue weighted by atomic mass is 16.6. The number of unbranched alkanes of at least 4 members (excludes halogenated alkanes) is 32. The summed E-state index contributed by atoms with van der Waals surface area (Å²) >= 11 is 0. The molecule has 6 nitrogen and oxygen atoms in total. The number of allylic oxidation sites excluding steroid dienone is 14. The second-order valence-corrected chi connectivity index (χ2v) is 19.3. The molecule has 0 spiro atoms. The minimum atomic E-state index is -0.803. The molecule has 1 unspecified atom stereocenters. The smallest absolute Gasteiger partial charge is 0.306 e. The minimum absolute atomic E-state index is 0.0954. The Morgan fingerprint density at radius 1 is 0.304 bits per heavy atom. The number of carbonyl (C=O) groups excluding carboxylic acids is 3. The van der Waals surface area contributed by atoms with Gasteiger partial charge in [0.2, 0.25) is 0 Å². The molecule has 0 aliphatic carbocycles. The highest BCUT2D eigenvalue weighted by Crippen LogP contribution is 2.16. The molecule has 0 aromatic rings. The van der Waals surface area contributed by atoms with Gasteiger partial charge in [-0.05, 0) is 64.2 Å². The molecule has 0 aromatic carbocycles. The highest BCUT2D eigenvalue weighted by Gasteiger charge is 2.19. The van der Waals surface area contributed by atoms with Gasteiger partial charge in [-0.25, -0.2) is 0 Å². The lowest BCUT2D eigenvalue weighted by Gasteiger charge is -2.18. The van der Waals surface area contributed by atoms with Crippen molar-refractivity contribution >= 4 is 17.9 Å². The Morgan fingerprint density at radius 2 is 0.580 bits per heavy atom. The van der Waals surface area contributed by atoms with Gasteiger partial charge in [0.15, 0.2) is 6.10 Å². The first-order valence-corrected chi connectivity index (χ1v) is 29.2. The molecule has 0 N–H and O–H groups in total. The van der Waals surface area contributed by atoms with Crippen molar-refractivity contribution in [2.24, 2.45) is 0 Å². The van der Waals surface area contributed by atoms with Gasteiger partial charge in [0.05, 0.1) is 0 Å². The van der Waals surface area contributed by atoms with E-state index in [1.165, 1.54) is 161 Å². The third-order valence-corrected chi connectivity index (χ3v) is 12.5. The first-order valence-electron chi connectivity index (χ1n) is 29.2. The van der Waals surface area contributed by atoms with Crippen LogP contribution < -0.4 is 0 Å². The zero-order chi connectivity index (χ0) is 50.0. The van der Waals surface area contributed by atoms with Crippen LogP contribution in [0, 0.1) is 0 Å². The first-order chi connectivity index (χ1) is 34.0. The molecule has 0 fully saturated rings. The summed E-state index contributed by atoms with van der Waals surface area (Å²) in [7, 11) is 0. The molecule has 0 saturated heterocycles. The van der Waals surface area contributed by atoms with Crippen LogP contribution >= 0.6 is 0 Å². The quantitative estimate of drug-likeness (QED) is 0.0199. The van der Waals surface area contributed by atoms with Crippen LogP contribution in [0.15, 0.2) is 85.1 Å². The molecule has 6 heteroatoms. The number of ether oxygens (including phenoxy) is 3. The maximum atomic E-state index is 12.8. The lowest BCUT2D eigenvalue weighted by molar-refractivity contribution is -0.167. The Labute approximate surface area is 426 Å². The van der Waals surface area contributed by atoms with Crippen molar-refractivity contribution in [1.29, 1.82) is 0 Å². The van der Waals surface area contributed by atoms with E-state index in [1.807, 2.05) is 60.8 Å². The lowest BCUT2D eigenvalue weighted by atomic mass is 10.0. The Kier molecular flexibility index (Phi) is 54.3. The normalized spacial score (nSPS) is 12.7. The molecule has 0 aromatic heterocycles. The van der Waals surface area contributed by atoms with Gasteiger partial charge in [-0.1, -0.05) is 279 Å². The van der Waals surface area contributed by atoms with Crippen LogP contribution in [0.4, 0.5) is 0 Å². The molecule has 0 amide bonds. The molecule has 0 saturated carbocycles. The molecule has 1 atom stereocenters. The maximum absolute atomic E-state index is 12.8. The molecular formula is C63H108O6. The van der Waals surface area contributed by atoms with Crippen molar-refractivity contribution in [2.75, 3.05) is 13.2 Å². The van der Waals surface area contributed by atoms with E-state index in [4.69, 9.17) is 14.2 Å². The van der Waals surface area contributed by atoms with E-state index in [-0.39, 0.29) is 37.5 Å². The number of esters is 3. The number of hydrogen-bond donors (Lipinski definition) is 0. The van der Waals surface area contributed by atoms with E-state index in [1.54, 1.807) is 0 Å². The van der Waals surface area contributed by atoms with Crippen LogP contribution in [0.25, 0.3) is 0 Å². The van der Waals surface area contributed by atoms with Crippen LogP contribution in [0.2, 0.25) is 0 Å². The summed E-state index contributed by atoms with van der Waals surface area (Å²) < 4.78 is 16.8. The van der Waals surface area contributed by atoms with Crippen molar-refractivity contribution < 1.29 is 28.6 Å². The fourth-order valence-electron chi connectivity index (χ4n) is 8.18. The topological polar surface area (TPSA) is 78.9 Å². The van der Waals surface area contributed by atoms with Crippen molar-refractivity contribution in [3.8, 4) is 0 Å². The number of hydrogen-bond acceptors (Lipinski definition) is 6. The van der Waals surface area contributed by atoms with Gasteiger partial charge in [0.25, 0.3) is 0 Å². The second-order valence-electron chi connectivity index (χ2n) is 19.3. The van der Waals surface area contributed by atoms with Crippen LogP contribution in [-0.2, 0) is 28.6 Å². The predicted octanol–water partition coefficient (Wildman–Crippen LogP) is 19.5. The Morgan fingerprint density at radius 3 is 0.942 bits per heavy atom. The summed E-state index contributed by atoms with van der Waals surface area (Å²) in [5, 5.41) is 0. The highest BCUT2D eigenvalue weighted by molar-refractivity contribution is 5.71. The van der Waals surface area contributed by atoms with E-state index in [2.05, 4.69) is 45.1 Å². The first kappa shape index (κ1) is 65.6. The van der Waals surface area contributed by atoms with Gasteiger partial charge >= 0.3 is 17.9 Å². The molecule has 69 heavy (non-hydrogen) atoms. The van der Waals surface area contributed by atoms with E-state index in [9.17, 15) is 14.4 Å². The SMILES string of the molecule is CC\C=C/C=C\C=C/C=C\C=C\C=C/CCCCCC(=O)OC(COC(=O)CCCCCCC/C=C\CCCCCCCCCCC)COC(=O)CCCCCCCCCCCCCCCCCC.